The van der Waals surface area contributed by atoms with Crippen molar-refractivity contribution >= 4 is 54.3 Å². The summed E-state index contributed by atoms with van der Waals surface area (Å²) in [6, 6.07) is 73.4. The summed E-state index contributed by atoms with van der Waals surface area (Å²) < 4.78 is 6.61. The Hall–Kier alpha value is -8.72. The van der Waals surface area contributed by atoms with Crippen molar-refractivity contribution in [2.75, 3.05) is 0 Å². The summed E-state index contributed by atoms with van der Waals surface area (Å²) in [4.78, 5) is 15.6. The third kappa shape index (κ3) is 6.29. The molecular weight excluding hydrogens is 769 g/mol. The van der Waals surface area contributed by atoms with Crippen molar-refractivity contribution in [3.63, 3.8) is 0 Å². The fourth-order valence-corrected chi connectivity index (χ4v) is 9.09. The molecule has 0 aliphatic rings. The van der Waals surface area contributed by atoms with Crippen LogP contribution in [0.4, 0.5) is 0 Å². The van der Waals surface area contributed by atoms with Crippen LogP contribution in [0, 0.1) is 11.3 Å². The second-order valence-corrected chi connectivity index (χ2v) is 15.9. The fourth-order valence-electron chi connectivity index (χ4n) is 9.09. The van der Waals surface area contributed by atoms with Gasteiger partial charge in [0.2, 0.25) is 0 Å². The summed E-state index contributed by atoms with van der Waals surface area (Å²) in [5, 5.41) is 18.9. The van der Waals surface area contributed by atoms with Gasteiger partial charge in [0.25, 0.3) is 0 Å². The molecule has 12 aromatic rings. The highest BCUT2D eigenvalue weighted by Crippen LogP contribution is 2.40. The molecule has 0 radical (unpaired) electrons. The number of hydrogen-bond donors (Lipinski definition) is 0. The third-order valence-electron chi connectivity index (χ3n) is 12.1. The molecule has 5 nitrogen and oxygen atoms in total. The van der Waals surface area contributed by atoms with Gasteiger partial charge in [-0.2, -0.15) is 5.26 Å². The number of aromatic nitrogens is 3. The van der Waals surface area contributed by atoms with Crippen LogP contribution in [0.1, 0.15) is 5.56 Å². The molecule has 0 spiro atoms. The molecule has 63 heavy (non-hydrogen) atoms. The van der Waals surface area contributed by atoms with Crippen LogP contribution in [0.5, 0.6) is 0 Å². The number of benzene rings is 10. The Morgan fingerprint density at radius 3 is 1.48 bits per heavy atom. The lowest BCUT2D eigenvalue weighted by atomic mass is 9.93. The Morgan fingerprint density at radius 1 is 0.317 bits per heavy atom. The molecule has 2 heterocycles. The van der Waals surface area contributed by atoms with E-state index in [1.807, 2.05) is 60.7 Å². The van der Waals surface area contributed by atoms with Crippen LogP contribution in [-0.4, -0.2) is 15.0 Å². The second-order valence-electron chi connectivity index (χ2n) is 15.9. The summed E-state index contributed by atoms with van der Waals surface area (Å²) in [5.41, 5.74) is 11.2. The molecule has 12 rings (SSSR count). The molecule has 0 atom stereocenters. The van der Waals surface area contributed by atoms with Crippen molar-refractivity contribution in [1.29, 1.82) is 5.26 Å². The predicted molar refractivity (Wildman–Crippen MR) is 257 cm³/mol. The van der Waals surface area contributed by atoms with Crippen molar-refractivity contribution in [2.24, 2.45) is 0 Å². The normalized spacial score (nSPS) is 11.5. The average Bonchev–Trinajstić information content (AvgIpc) is 3.75. The Kier molecular flexibility index (Phi) is 8.48. The maximum atomic E-state index is 9.63. The highest BCUT2D eigenvalue weighted by molar-refractivity contribution is 6.25. The highest BCUT2D eigenvalue weighted by atomic mass is 16.3. The van der Waals surface area contributed by atoms with Crippen molar-refractivity contribution in [3.05, 3.63) is 212 Å². The van der Waals surface area contributed by atoms with Gasteiger partial charge in [-0.05, 0) is 108 Å². The number of nitrogens with zero attached hydrogens (tertiary/aromatic N) is 4. The van der Waals surface area contributed by atoms with Crippen LogP contribution in [0.2, 0.25) is 0 Å². The minimum Gasteiger partial charge on any atom is -0.456 e. The largest absolute Gasteiger partial charge is 0.456 e. The van der Waals surface area contributed by atoms with E-state index in [4.69, 9.17) is 19.4 Å². The lowest BCUT2D eigenvalue weighted by molar-refractivity contribution is 0.669. The van der Waals surface area contributed by atoms with Crippen LogP contribution in [0.15, 0.2) is 211 Å². The van der Waals surface area contributed by atoms with Gasteiger partial charge >= 0.3 is 0 Å². The Morgan fingerprint density at radius 2 is 0.794 bits per heavy atom. The standard InChI is InChI=1S/C58H34N4O/c59-35-36-11-8-14-40(31-36)41-15-9-16-42(32-41)56-60-57(43-27-29-50-48-19-5-4-17-46(48)47-18-6-7-20-49(47)52(50)33-43)62-58(61-56)44-28-30-51-54(34-44)63-53-22-10-21-45(55(51)53)39-25-23-38(24-26-39)37-12-2-1-3-13-37/h1-34H. The van der Waals surface area contributed by atoms with E-state index in [1.54, 1.807) is 0 Å². The maximum Gasteiger partial charge on any atom is 0.164 e. The molecule has 0 unspecified atom stereocenters. The highest BCUT2D eigenvalue weighted by Gasteiger charge is 2.18. The molecule has 0 saturated carbocycles. The van der Waals surface area contributed by atoms with Gasteiger partial charge in [0.15, 0.2) is 17.5 Å². The first-order valence-corrected chi connectivity index (χ1v) is 21.0. The van der Waals surface area contributed by atoms with Crippen LogP contribution < -0.4 is 0 Å². The van der Waals surface area contributed by atoms with Crippen molar-refractivity contribution in [3.8, 4) is 73.6 Å². The van der Waals surface area contributed by atoms with E-state index in [0.29, 0.717) is 23.0 Å². The molecule has 5 heteroatoms. The van der Waals surface area contributed by atoms with E-state index in [9.17, 15) is 5.26 Å². The Bertz CT molecular complexity index is 3770. The number of furan rings is 1. The molecule has 0 N–H and O–H groups in total. The van der Waals surface area contributed by atoms with E-state index in [2.05, 4.69) is 152 Å². The average molecular weight is 803 g/mol. The van der Waals surface area contributed by atoms with Gasteiger partial charge in [0, 0.05) is 27.5 Å². The Labute approximate surface area is 362 Å². The maximum absolute atomic E-state index is 9.63. The van der Waals surface area contributed by atoms with Gasteiger partial charge in [0.05, 0.1) is 11.6 Å². The van der Waals surface area contributed by atoms with Crippen molar-refractivity contribution in [2.45, 2.75) is 0 Å². The monoisotopic (exact) mass is 802 g/mol. The first-order chi connectivity index (χ1) is 31.1. The van der Waals surface area contributed by atoms with Crippen molar-refractivity contribution in [1.82, 2.24) is 15.0 Å². The zero-order valence-electron chi connectivity index (χ0n) is 33.8. The van der Waals surface area contributed by atoms with E-state index >= 15 is 0 Å². The van der Waals surface area contributed by atoms with Gasteiger partial charge in [-0.3, -0.25) is 0 Å². The summed E-state index contributed by atoms with van der Waals surface area (Å²) in [7, 11) is 0. The van der Waals surface area contributed by atoms with Gasteiger partial charge < -0.3 is 4.42 Å². The fraction of sp³-hybridized carbons (Fsp3) is 0. The SMILES string of the molecule is N#Cc1cccc(-c2cccc(-c3nc(-c4ccc5c(c4)oc4cccc(-c6ccc(-c7ccccc7)cc6)c45)nc(-c4ccc5c6ccccc6c6ccccc6c5c4)n3)c2)c1. The zero-order valence-corrected chi connectivity index (χ0v) is 33.8. The molecule has 2 aromatic heterocycles. The topological polar surface area (TPSA) is 75.6 Å². The van der Waals surface area contributed by atoms with E-state index < -0.39 is 0 Å². The quantitative estimate of drug-likeness (QED) is 0.157. The van der Waals surface area contributed by atoms with Crippen molar-refractivity contribution < 1.29 is 4.42 Å². The first kappa shape index (κ1) is 36.2. The summed E-state index contributed by atoms with van der Waals surface area (Å²) in [5.74, 6) is 1.65. The summed E-state index contributed by atoms with van der Waals surface area (Å²) in [6.07, 6.45) is 0. The molecule has 10 aromatic carbocycles. The molecule has 0 amide bonds. The smallest absolute Gasteiger partial charge is 0.164 e. The lowest BCUT2D eigenvalue weighted by Gasteiger charge is -2.13. The molecule has 0 aliphatic heterocycles. The minimum atomic E-state index is 0.537. The van der Waals surface area contributed by atoms with Gasteiger partial charge in [-0.1, -0.05) is 164 Å². The zero-order chi connectivity index (χ0) is 41.9. The van der Waals surface area contributed by atoms with Gasteiger partial charge in [-0.15, -0.1) is 0 Å². The molecule has 0 fully saturated rings. The van der Waals surface area contributed by atoms with Crippen LogP contribution in [0.3, 0.4) is 0 Å². The van der Waals surface area contributed by atoms with E-state index in [-0.39, 0.29) is 0 Å². The lowest BCUT2D eigenvalue weighted by Crippen LogP contribution is -2.00. The molecule has 0 bridgehead atoms. The Balaban J connectivity index is 1.02. The second kappa shape index (κ2) is 14.8. The molecule has 0 aliphatic carbocycles. The number of hydrogen-bond acceptors (Lipinski definition) is 5. The number of rotatable bonds is 6. The molecular formula is C58H34N4O. The predicted octanol–water partition coefficient (Wildman–Crippen LogP) is 15.1. The number of nitriles is 1. The van der Waals surface area contributed by atoms with Crippen LogP contribution in [-0.2, 0) is 0 Å². The third-order valence-corrected chi connectivity index (χ3v) is 12.1. The van der Waals surface area contributed by atoms with Gasteiger partial charge in [0.1, 0.15) is 11.2 Å². The first-order valence-electron chi connectivity index (χ1n) is 21.0. The van der Waals surface area contributed by atoms with Crippen LogP contribution in [0.25, 0.3) is 122 Å². The number of fused-ring (bicyclic) bond motifs is 9. The molecule has 292 valence electrons. The summed E-state index contributed by atoms with van der Waals surface area (Å²) in [6.45, 7) is 0. The minimum absolute atomic E-state index is 0.537. The molecule has 0 saturated heterocycles. The summed E-state index contributed by atoms with van der Waals surface area (Å²) >= 11 is 0. The van der Waals surface area contributed by atoms with E-state index in [1.165, 1.54) is 38.1 Å². The van der Waals surface area contributed by atoms with Crippen LogP contribution >= 0.6 is 0 Å². The van der Waals surface area contributed by atoms with E-state index in [0.717, 1.165) is 66.3 Å². The van der Waals surface area contributed by atoms with Gasteiger partial charge in [-0.25, -0.2) is 15.0 Å².